The normalized spacial score (nSPS) is 12.0. The van der Waals surface area contributed by atoms with Gasteiger partial charge in [-0.1, -0.05) is 121 Å². The Morgan fingerprint density at radius 2 is 0.723 bits per heavy atom. The van der Waals surface area contributed by atoms with Crippen LogP contribution in [0.3, 0.4) is 0 Å². The second kappa shape index (κ2) is 42.6. The average Bonchev–Trinajstić information content (AvgIpc) is 3.08. The lowest BCUT2D eigenvalue weighted by Crippen LogP contribution is -2.06. The van der Waals surface area contributed by atoms with Crippen molar-refractivity contribution in [3.05, 3.63) is 36.5 Å². The third-order valence-corrected chi connectivity index (χ3v) is 8.27. The Morgan fingerprint density at radius 3 is 1.23 bits per heavy atom. The standard InChI is InChI=1S/C42H78O5/c1-3-5-7-9-11-13-14-15-16-17-18-19-21-23-25-27-35-44-36-28-29-37-45-38-30-31-39-46-40-32-33-41-47-42(43)34-26-24-22-20-12-10-8-6-4-2/h12,15-16,20,22,24H,3-11,13-14,17-19,21,23,25-41H2,1-2H3. The molecule has 0 amide bonds. The summed E-state index contributed by atoms with van der Waals surface area (Å²) in [4.78, 5) is 11.8. The first-order valence-corrected chi connectivity index (χ1v) is 20.2. The maximum atomic E-state index is 11.8. The van der Waals surface area contributed by atoms with Gasteiger partial charge in [0.1, 0.15) is 0 Å². The molecule has 5 nitrogen and oxygen atoms in total. The number of carbonyl (C=O) groups excluding carboxylic acids is 1. The maximum absolute atomic E-state index is 11.8. The SMILES string of the molecule is CCCCCC=CC=CCCC(=O)OCCCCOCCCCOCCCCOCCCCCCCCC=CCCCCCCCC. The highest BCUT2D eigenvalue weighted by Gasteiger charge is 2.01. The largest absolute Gasteiger partial charge is 0.466 e. The molecular formula is C42H78O5. The van der Waals surface area contributed by atoms with E-state index in [1.807, 2.05) is 12.2 Å². The molecular weight excluding hydrogens is 584 g/mol. The van der Waals surface area contributed by atoms with Crippen LogP contribution >= 0.6 is 0 Å². The molecule has 47 heavy (non-hydrogen) atoms. The van der Waals surface area contributed by atoms with Crippen LogP contribution in [0.15, 0.2) is 36.5 Å². The monoisotopic (exact) mass is 663 g/mol. The summed E-state index contributed by atoms with van der Waals surface area (Å²) in [6.07, 6.45) is 44.1. The summed E-state index contributed by atoms with van der Waals surface area (Å²) in [6, 6.07) is 0. The first-order valence-electron chi connectivity index (χ1n) is 20.2. The summed E-state index contributed by atoms with van der Waals surface area (Å²) < 4.78 is 22.6. The molecule has 0 aromatic rings. The van der Waals surface area contributed by atoms with Gasteiger partial charge in [0.2, 0.25) is 0 Å². The van der Waals surface area contributed by atoms with Crippen molar-refractivity contribution < 1.29 is 23.7 Å². The molecule has 0 aliphatic rings. The molecule has 0 heterocycles. The van der Waals surface area contributed by atoms with E-state index in [0.717, 1.165) is 91.0 Å². The van der Waals surface area contributed by atoms with Gasteiger partial charge in [-0.2, -0.15) is 0 Å². The van der Waals surface area contributed by atoms with Gasteiger partial charge < -0.3 is 18.9 Å². The first kappa shape index (κ1) is 45.6. The van der Waals surface area contributed by atoms with E-state index >= 15 is 0 Å². The van der Waals surface area contributed by atoms with Crippen molar-refractivity contribution in [3.63, 3.8) is 0 Å². The Balaban J connectivity index is 3.18. The lowest BCUT2D eigenvalue weighted by Gasteiger charge is -2.07. The van der Waals surface area contributed by atoms with Crippen LogP contribution in [0.1, 0.15) is 181 Å². The van der Waals surface area contributed by atoms with Crippen molar-refractivity contribution in [1.82, 2.24) is 0 Å². The van der Waals surface area contributed by atoms with Crippen molar-refractivity contribution in [3.8, 4) is 0 Å². The minimum absolute atomic E-state index is 0.112. The highest BCUT2D eigenvalue weighted by molar-refractivity contribution is 5.69. The number of ether oxygens (including phenoxy) is 4. The number of esters is 1. The van der Waals surface area contributed by atoms with Crippen molar-refractivity contribution in [2.75, 3.05) is 46.2 Å². The van der Waals surface area contributed by atoms with Crippen molar-refractivity contribution in [2.24, 2.45) is 0 Å². The van der Waals surface area contributed by atoms with Gasteiger partial charge in [0.25, 0.3) is 0 Å². The molecule has 0 saturated carbocycles. The van der Waals surface area contributed by atoms with E-state index in [0.29, 0.717) is 13.0 Å². The molecule has 276 valence electrons. The number of allylic oxidation sites excluding steroid dienone is 6. The van der Waals surface area contributed by atoms with Gasteiger partial charge in [0, 0.05) is 46.1 Å². The Hall–Kier alpha value is -1.43. The third kappa shape index (κ3) is 42.5. The van der Waals surface area contributed by atoms with Gasteiger partial charge in [0.15, 0.2) is 0 Å². The van der Waals surface area contributed by atoms with Gasteiger partial charge in [0.05, 0.1) is 6.61 Å². The molecule has 0 aliphatic carbocycles. The topological polar surface area (TPSA) is 54.0 Å². The van der Waals surface area contributed by atoms with Crippen LogP contribution in [0.25, 0.3) is 0 Å². The zero-order chi connectivity index (χ0) is 34.0. The number of hydrogen-bond donors (Lipinski definition) is 0. The van der Waals surface area contributed by atoms with E-state index in [2.05, 4.69) is 38.2 Å². The lowest BCUT2D eigenvalue weighted by atomic mass is 10.1. The number of hydrogen-bond acceptors (Lipinski definition) is 5. The predicted molar refractivity (Wildman–Crippen MR) is 202 cm³/mol. The molecule has 0 bridgehead atoms. The van der Waals surface area contributed by atoms with Crippen LogP contribution in [0.2, 0.25) is 0 Å². The molecule has 0 unspecified atom stereocenters. The molecule has 0 aromatic carbocycles. The molecule has 0 atom stereocenters. The quantitative estimate of drug-likeness (QED) is 0.0284. The summed E-state index contributed by atoms with van der Waals surface area (Å²) in [7, 11) is 0. The minimum atomic E-state index is -0.112. The van der Waals surface area contributed by atoms with Gasteiger partial charge in [-0.25, -0.2) is 0 Å². The van der Waals surface area contributed by atoms with Gasteiger partial charge in [-0.15, -0.1) is 0 Å². The van der Waals surface area contributed by atoms with Gasteiger partial charge >= 0.3 is 5.97 Å². The van der Waals surface area contributed by atoms with Crippen LogP contribution in [-0.4, -0.2) is 52.2 Å². The van der Waals surface area contributed by atoms with E-state index in [1.54, 1.807) is 0 Å². The van der Waals surface area contributed by atoms with E-state index in [-0.39, 0.29) is 5.97 Å². The Bertz CT molecular complexity index is 687. The van der Waals surface area contributed by atoms with E-state index in [4.69, 9.17) is 18.9 Å². The Labute approximate surface area is 292 Å². The van der Waals surface area contributed by atoms with Crippen LogP contribution in [0, 0.1) is 0 Å². The highest BCUT2D eigenvalue weighted by atomic mass is 16.5. The fourth-order valence-corrected chi connectivity index (χ4v) is 5.20. The van der Waals surface area contributed by atoms with Crippen molar-refractivity contribution in [1.29, 1.82) is 0 Å². The van der Waals surface area contributed by atoms with Crippen molar-refractivity contribution >= 4 is 5.97 Å². The number of unbranched alkanes of at least 4 members (excludes halogenated alkanes) is 18. The second-order valence-electron chi connectivity index (χ2n) is 13.0. The van der Waals surface area contributed by atoms with Crippen LogP contribution in [0.4, 0.5) is 0 Å². The van der Waals surface area contributed by atoms with Gasteiger partial charge in [-0.3, -0.25) is 4.79 Å². The smallest absolute Gasteiger partial charge is 0.306 e. The fraction of sp³-hybridized carbons (Fsp3) is 0.833. The first-order chi connectivity index (χ1) is 23.3. The second-order valence-corrected chi connectivity index (χ2v) is 13.0. The van der Waals surface area contributed by atoms with Crippen LogP contribution in [0.5, 0.6) is 0 Å². The highest BCUT2D eigenvalue weighted by Crippen LogP contribution is 2.10. The molecule has 0 N–H and O–H groups in total. The molecule has 0 spiro atoms. The third-order valence-electron chi connectivity index (χ3n) is 8.27. The summed E-state index contributed by atoms with van der Waals surface area (Å²) >= 11 is 0. The molecule has 0 aromatic heterocycles. The van der Waals surface area contributed by atoms with Gasteiger partial charge in [-0.05, 0) is 89.9 Å². The zero-order valence-corrected chi connectivity index (χ0v) is 31.3. The van der Waals surface area contributed by atoms with Crippen molar-refractivity contribution in [2.45, 2.75) is 181 Å². The van der Waals surface area contributed by atoms with E-state index in [1.165, 1.54) is 109 Å². The molecule has 0 aliphatic heterocycles. The fourth-order valence-electron chi connectivity index (χ4n) is 5.20. The van der Waals surface area contributed by atoms with Crippen LogP contribution < -0.4 is 0 Å². The van der Waals surface area contributed by atoms with Crippen LogP contribution in [-0.2, 0) is 23.7 Å². The summed E-state index contributed by atoms with van der Waals surface area (Å²) in [6.45, 7) is 9.87. The van der Waals surface area contributed by atoms with E-state index < -0.39 is 0 Å². The molecule has 0 saturated heterocycles. The molecule has 5 heteroatoms. The maximum Gasteiger partial charge on any atom is 0.306 e. The summed E-state index contributed by atoms with van der Waals surface area (Å²) in [5, 5.41) is 0. The lowest BCUT2D eigenvalue weighted by molar-refractivity contribution is -0.143. The number of carbonyl (C=O) groups is 1. The zero-order valence-electron chi connectivity index (χ0n) is 31.3. The number of rotatable bonds is 39. The molecule has 0 rings (SSSR count). The molecule has 0 fully saturated rings. The Kier molecular flexibility index (Phi) is 41.3. The Morgan fingerprint density at radius 1 is 0.383 bits per heavy atom. The van der Waals surface area contributed by atoms with E-state index in [9.17, 15) is 4.79 Å². The molecule has 0 radical (unpaired) electrons. The minimum Gasteiger partial charge on any atom is -0.466 e. The summed E-state index contributed by atoms with van der Waals surface area (Å²) in [5.41, 5.74) is 0. The average molecular weight is 663 g/mol. The predicted octanol–water partition coefficient (Wildman–Crippen LogP) is 12.4. The summed E-state index contributed by atoms with van der Waals surface area (Å²) in [5.74, 6) is -0.112.